The highest BCUT2D eigenvalue weighted by atomic mass is 28.2. The number of hydrogen-bond donors (Lipinski definition) is 0. The van der Waals surface area contributed by atoms with Crippen LogP contribution in [0.25, 0.3) is 0 Å². The first-order chi connectivity index (χ1) is 14.8. The Morgan fingerprint density at radius 3 is 1.48 bits per heavy atom. The van der Waals surface area contributed by atoms with E-state index in [-0.39, 0.29) is 0 Å². The van der Waals surface area contributed by atoms with Crippen LogP contribution in [0.1, 0.15) is 39.8 Å². The fourth-order valence-electron chi connectivity index (χ4n) is 5.70. The minimum absolute atomic E-state index is 0.441. The van der Waals surface area contributed by atoms with Gasteiger partial charge in [-0.05, 0) is 70.2 Å². The van der Waals surface area contributed by atoms with Crippen molar-refractivity contribution < 1.29 is 0 Å². The van der Waals surface area contributed by atoms with Gasteiger partial charge in [0.2, 0.25) is 0 Å². The molecule has 1 heterocycles. The van der Waals surface area contributed by atoms with Gasteiger partial charge < -0.3 is 9.80 Å². The highest BCUT2D eigenvalue weighted by Gasteiger charge is 2.33. The third kappa shape index (κ3) is 4.43. The topological polar surface area (TPSA) is 6.48 Å². The highest BCUT2D eigenvalue weighted by molar-refractivity contribution is 6.56. The summed E-state index contributed by atoms with van der Waals surface area (Å²) >= 11 is 0. The lowest BCUT2D eigenvalue weighted by atomic mass is 10.0. The monoisotopic (exact) mass is 428 g/mol. The predicted octanol–water partition coefficient (Wildman–Crippen LogP) is 5.03. The van der Waals surface area contributed by atoms with Crippen LogP contribution in [0.4, 0.5) is 11.4 Å². The molecule has 0 radical (unpaired) electrons. The van der Waals surface area contributed by atoms with Gasteiger partial charge in [-0.25, -0.2) is 0 Å². The van der Waals surface area contributed by atoms with Crippen LogP contribution < -0.4 is 15.0 Å². The van der Waals surface area contributed by atoms with Crippen LogP contribution in [0.15, 0.2) is 54.6 Å². The number of rotatable bonds is 4. The second-order valence-corrected chi connectivity index (χ2v) is 11.4. The lowest BCUT2D eigenvalue weighted by Crippen LogP contribution is -2.60. The highest BCUT2D eigenvalue weighted by Crippen LogP contribution is 2.35. The van der Waals surface area contributed by atoms with Crippen molar-refractivity contribution in [1.82, 2.24) is 0 Å². The molecule has 3 heteroatoms. The largest absolute Gasteiger partial charge is 0.354 e. The molecule has 0 unspecified atom stereocenters. The Labute approximate surface area is 190 Å². The van der Waals surface area contributed by atoms with Crippen molar-refractivity contribution in [1.29, 1.82) is 0 Å². The van der Waals surface area contributed by atoms with Gasteiger partial charge >= 0.3 is 0 Å². The lowest BCUT2D eigenvalue weighted by molar-refractivity contribution is 0.573. The molecule has 0 spiro atoms. The van der Waals surface area contributed by atoms with Crippen molar-refractivity contribution in [2.45, 2.75) is 53.8 Å². The first-order valence-corrected chi connectivity index (χ1v) is 13.1. The van der Waals surface area contributed by atoms with Crippen LogP contribution in [0, 0.1) is 41.5 Å². The third-order valence-corrected chi connectivity index (χ3v) is 8.81. The molecule has 1 aliphatic rings. The Morgan fingerprint density at radius 1 is 0.645 bits per heavy atom. The second-order valence-electron chi connectivity index (χ2n) is 9.41. The second kappa shape index (κ2) is 8.92. The number of hydrogen-bond acceptors (Lipinski definition) is 2. The van der Waals surface area contributed by atoms with Crippen molar-refractivity contribution in [3.8, 4) is 0 Å². The number of anilines is 2. The zero-order chi connectivity index (χ0) is 22.1. The Hall–Kier alpha value is -2.52. The van der Waals surface area contributed by atoms with E-state index in [9.17, 15) is 0 Å². The molecule has 162 valence electrons. The van der Waals surface area contributed by atoms with E-state index in [1.807, 2.05) is 0 Å². The third-order valence-electron chi connectivity index (χ3n) is 6.62. The van der Waals surface area contributed by atoms with Crippen LogP contribution in [-0.2, 0) is 0 Å². The predicted molar refractivity (Wildman–Crippen MR) is 139 cm³/mol. The maximum absolute atomic E-state index is 2.74. The maximum Gasteiger partial charge on any atom is 0.106 e. The molecule has 4 rings (SSSR count). The van der Waals surface area contributed by atoms with Crippen LogP contribution >= 0.6 is 0 Å². The molecule has 31 heavy (non-hydrogen) atoms. The van der Waals surface area contributed by atoms with Gasteiger partial charge in [0.1, 0.15) is 9.52 Å². The Morgan fingerprint density at radius 2 is 1.06 bits per heavy atom. The average Bonchev–Trinajstić information content (AvgIpc) is 2.69. The van der Waals surface area contributed by atoms with Crippen molar-refractivity contribution in [2.24, 2.45) is 0 Å². The zero-order valence-corrected chi connectivity index (χ0v) is 21.4. The van der Waals surface area contributed by atoms with Crippen molar-refractivity contribution in [2.75, 3.05) is 22.9 Å². The molecule has 0 amide bonds. The molecule has 1 saturated heterocycles. The summed E-state index contributed by atoms with van der Waals surface area (Å²) in [7, 11) is -0.571. The fourth-order valence-corrected chi connectivity index (χ4v) is 7.83. The Bertz CT molecular complexity index is 962. The normalized spacial score (nSPS) is 15.3. The van der Waals surface area contributed by atoms with Crippen LogP contribution in [0.5, 0.6) is 0 Å². The van der Waals surface area contributed by atoms with Crippen LogP contribution in [0.3, 0.4) is 0 Å². The SMILES string of the molecule is Cc1cc(C)c(N2CCCN(c3c(C)cc(C)cc3C)C2[SiH2]c2ccccc2)c(C)c1. The summed E-state index contributed by atoms with van der Waals surface area (Å²) in [5.74, 6) is 0.441. The van der Waals surface area contributed by atoms with E-state index in [2.05, 4.69) is 106 Å². The van der Waals surface area contributed by atoms with E-state index in [1.54, 1.807) is 0 Å². The molecule has 0 saturated carbocycles. The van der Waals surface area contributed by atoms with Gasteiger partial charge in [0.05, 0.1) is 5.79 Å². The van der Waals surface area contributed by atoms with Crippen LogP contribution in [0.2, 0.25) is 0 Å². The minimum Gasteiger partial charge on any atom is -0.354 e. The summed E-state index contributed by atoms with van der Waals surface area (Å²) in [4.78, 5) is 5.48. The van der Waals surface area contributed by atoms with E-state index in [4.69, 9.17) is 0 Å². The van der Waals surface area contributed by atoms with Gasteiger partial charge in [0, 0.05) is 24.5 Å². The van der Waals surface area contributed by atoms with Crippen molar-refractivity contribution >= 4 is 26.1 Å². The molecule has 0 aromatic heterocycles. The van der Waals surface area contributed by atoms with Crippen LogP contribution in [-0.4, -0.2) is 28.4 Å². The average molecular weight is 429 g/mol. The minimum atomic E-state index is -0.571. The van der Waals surface area contributed by atoms with E-state index in [0.29, 0.717) is 5.79 Å². The Balaban J connectivity index is 1.84. The summed E-state index contributed by atoms with van der Waals surface area (Å²) in [5, 5.41) is 1.54. The summed E-state index contributed by atoms with van der Waals surface area (Å²) < 4.78 is 0. The first-order valence-electron chi connectivity index (χ1n) is 11.6. The zero-order valence-electron chi connectivity index (χ0n) is 20.0. The van der Waals surface area contributed by atoms with Crippen molar-refractivity contribution in [3.05, 3.63) is 88.0 Å². The Kier molecular flexibility index (Phi) is 6.24. The molecular weight excluding hydrogens is 392 g/mol. The van der Waals surface area contributed by atoms with Gasteiger partial charge in [-0.15, -0.1) is 0 Å². The van der Waals surface area contributed by atoms with E-state index in [1.165, 1.54) is 56.4 Å². The number of nitrogens with zero attached hydrogens (tertiary/aromatic N) is 2. The fraction of sp³-hybridized carbons (Fsp3) is 0.357. The van der Waals surface area contributed by atoms with Crippen molar-refractivity contribution in [3.63, 3.8) is 0 Å². The first kappa shape index (κ1) is 21.7. The smallest absolute Gasteiger partial charge is 0.106 e. The summed E-state index contributed by atoms with van der Waals surface area (Å²) in [6.07, 6.45) is 1.19. The maximum atomic E-state index is 2.74. The van der Waals surface area contributed by atoms with E-state index >= 15 is 0 Å². The molecule has 0 bridgehead atoms. The van der Waals surface area contributed by atoms with Gasteiger partial charge in [-0.2, -0.15) is 0 Å². The lowest BCUT2D eigenvalue weighted by Gasteiger charge is -2.48. The molecular formula is C28H36N2Si. The molecule has 0 atom stereocenters. The molecule has 0 N–H and O–H groups in total. The quantitative estimate of drug-likeness (QED) is 0.538. The molecule has 3 aromatic rings. The molecule has 0 aliphatic carbocycles. The molecule has 1 fully saturated rings. The number of benzene rings is 3. The molecule has 1 aliphatic heterocycles. The van der Waals surface area contributed by atoms with E-state index < -0.39 is 9.52 Å². The molecule has 3 aromatic carbocycles. The summed E-state index contributed by atoms with van der Waals surface area (Å²) in [5.41, 5.74) is 11.2. The summed E-state index contributed by atoms with van der Waals surface area (Å²) in [6.45, 7) is 15.8. The van der Waals surface area contributed by atoms with Gasteiger partial charge in [-0.1, -0.05) is 70.9 Å². The number of aryl methyl sites for hydroxylation is 6. The van der Waals surface area contributed by atoms with Gasteiger partial charge in [-0.3, -0.25) is 0 Å². The van der Waals surface area contributed by atoms with Gasteiger partial charge in [0.25, 0.3) is 0 Å². The summed E-state index contributed by atoms with van der Waals surface area (Å²) in [6, 6.07) is 20.6. The molecule has 2 nitrogen and oxygen atoms in total. The van der Waals surface area contributed by atoms with Gasteiger partial charge in [0.15, 0.2) is 0 Å². The van der Waals surface area contributed by atoms with E-state index in [0.717, 1.165) is 13.1 Å². The standard InChI is InChI=1S/C28H36N2Si/c1-19-15-21(3)26(22(4)16-19)29-13-10-14-30(27-23(5)17-20(2)18-24(27)6)28(29)31-25-11-8-7-9-12-25/h7-9,11-12,15-18,28H,10,13-14,31H2,1-6H3.